The summed E-state index contributed by atoms with van der Waals surface area (Å²) < 4.78 is 16.9. The molecule has 0 aliphatic heterocycles. The van der Waals surface area contributed by atoms with Gasteiger partial charge in [0.15, 0.2) is 0 Å². The number of benzene rings is 3. The predicted molar refractivity (Wildman–Crippen MR) is 134 cm³/mol. The maximum absolute atomic E-state index is 11.5. The molecular weight excluding hydrogens is 428 g/mol. The van der Waals surface area contributed by atoms with Crippen molar-refractivity contribution in [1.29, 1.82) is 0 Å². The highest BCUT2D eigenvalue weighted by Crippen LogP contribution is 2.31. The number of rotatable bonds is 11. The molecule has 0 spiro atoms. The summed E-state index contributed by atoms with van der Waals surface area (Å²) >= 11 is 0. The smallest absolute Gasteiger partial charge is 0.333 e. The maximum atomic E-state index is 11.5. The zero-order valence-corrected chi connectivity index (χ0v) is 20.1. The molecule has 5 heteroatoms. The largest absolute Gasteiger partial charge is 0.490 e. The molecule has 0 atom stereocenters. The fraction of sp³-hybridized carbons (Fsp3) is 0.276. The Balaban J connectivity index is 1.73. The molecule has 0 heterocycles. The first-order chi connectivity index (χ1) is 16.4. The van der Waals surface area contributed by atoms with Crippen molar-refractivity contribution < 1.29 is 24.1 Å². The molecule has 3 rings (SSSR count). The van der Waals surface area contributed by atoms with E-state index in [1.54, 1.807) is 6.92 Å². The van der Waals surface area contributed by atoms with Crippen LogP contribution in [0.5, 0.6) is 11.5 Å². The van der Waals surface area contributed by atoms with Crippen LogP contribution in [0, 0.1) is 6.92 Å². The number of ether oxygens (including phenoxy) is 3. The second-order valence-electron chi connectivity index (χ2n) is 8.19. The van der Waals surface area contributed by atoms with Crippen LogP contribution in [0.4, 0.5) is 0 Å². The molecule has 1 N–H and O–H groups in total. The Kier molecular flexibility index (Phi) is 8.88. The van der Waals surface area contributed by atoms with Gasteiger partial charge in [0.25, 0.3) is 0 Å². The lowest BCUT2D eigenvalue weighted by Crippen LogP contribution is -2.13. The van der Waals surface area contributed by atoms with E-state index in [0.29, 0.717) is 23.5 Å². The van der Waals surface area contributed by atoms with Gasteiger partial charge in [0.05, 0.1) is 6.61 Å². The normalized spacial score (nSPS) is 10.6. The van der Waals surface area contributed by atoms with Crippen LogP contribution >= 0.6 is 0 Å². The third kappa shape index (κ3) is 6.72. The van der Waals surface area contributed by atoms with Gasteiger partial charge in [-0.2, -0.15) is 0 Å². The third-order valence-corrected chi connectivity index (χ3v) is 5.45. The van der Waals surface area contributed by atoms with Crippen LogP contribution in [-0.4, -0.2) is 24.3 Å². The molecule has 0 radical (unpaired) electrons. The third-order valence-electron chi connectivity index (χ3n) is 5.45. The fourth-order valence-corrected chi connectivity index (χ4v) is 3.51. The van der Waals surface area contributed by atoms with Crippen LogP contribution in [0.15, 0.2) is 72.8 Å². The summed E-state index contributed by atoms with van der Waals surface area (Å²) in [5.41, 5.74) is 6.62. The summed E-state index contributed by atoms with van der Waals surface area (Å²) in [5, 5.41) is 9.71. The van der Waals surface area contributed by atoms with Crippen molar-refractivity contribution in [3.05, 3.63) is 95.1 Å². The zero-order valence-electron chi connectivity index (χ0n) is 20.1. The monoisotopic (exact) mass is 460 g/mol. The average Bonchev–Trinajstić information content (AvgIpc) is 2.85. The molecule has 0 fully saturated rings. The van der Waals surface area contributed by atoms with Crippen LogP contribution in [0.1, 0.15) is 36.1 Å². The Hall–Kier alpha value is -3.57. The summed E-state index contributed by atoms with van der Waals surface area (Å²) in [7, 11) is 0. The number of hydrogen-bond acceptors (Lipinski definition) is 5. The van der Waals surface area contributed by atoms with Gasteiger partial charge in [0.1, 0.15) is 31.3 Å². The van der Waals surface area contributed by atoms with Crippen molar-refractivity contribution in [2.24, 2.45) is 0 Å². The first-order valence-electron chi connectivity index (χ1n) is 11.4. The Morgan fingerprint density at radius 1 is 0.941 bits per heavy atom. The molecule has 0 unspecified atom stereocenters. The number of aliphatic hydroxyl groups is 1. The van der Waals surface area contributed by atoms with Crippen molar-refractivity contribution in [2.45, 2.75) is 40.4 Å². The highest BCUT2D eigenvalue weighted by atomic mass is 16.6. The molecule has 34 heavy (non-hydrogen) atoms. The number of aliphatic hydroxyl groups excluding tert-OH is 1. The Bertz CT molecular complexity index is 1130. The highest BCUT2D eigenvalue weighted by Gasteiger charge is 2.11. The van der Waals surface area contributed by atoms with E-state index < -0.39 is 5.97 Å². The van der Waals surface area contributed by atoms with E-state index in [1.165, 1.54) is 11.1 Å². The van der Waals surface area contributed by atoms with Gasteiger partial charge in [-0.15, -0.1) is 0 Å². The number of carbonyl (C=O) groups is 1. The molecule has 0 aliphatic carbocycles. The standard InChI is InChI=1S/C29H32O5/c1-5-23-16-22(19-34-26-11-6-21(4)7-12-26)8-13-27(23)24-9-10-25(18-30)28(17-24)32-14-15-33-29(31)20(2)3/h6-13,16-17,30H,2,5,14-15,18-19H2,1,3-4H3. The van der Waals surface area contributed by atoms with Gasteiger partial charge in [0, 0.05) is 11.1 Å². The van der Waals surface area contributed by atoms with Gasteiger partial charge in [-0.3, -0.25) is 0 Å². The lowest BCUT2D eigenvalue weighted by atomic mass is 9.95. The van der Waals surface area contributed by atoms with E-state index in [2.05, 4.69) is 38.6 Å². The molecule has 3 aromatic carbocycles. The molecular formula is C29H32O5. The summed E-state index contributed by atoms with van der Waals surface area (Å²) in [5.74, 6) is 0.974. The van der Waals surface area contributed by atoms with Crippen molar-refractivity contribution in [3.8, 4) is 22.6 Å². The Morgan fingerprint density at radius 2 is 1.71 bits per heavy atom. The number of esters is 1. The number of aryl methyl sites for hydroxylation is 2. The average molecular weight is 461 g/mol. The predicted octanol–water partition coefficient (Wildman–Crippen LogP) is 5.79. The van der Waals surface area contributed by atoms with Gasteiger partial charge in [-0.1, -0.05) is 61.5 Å². The van der Waals surface area contributed by atoms with E-state index in [4.69, 9.17) is 14.2 Å². The Labute approximate surface area is 201 Å². The van der Waals surface area contributed by atoms with Crippen LogP contribution < -0.4 is 9.47 Å². The number of carbonyl (C=O) groups excluding carboxylic acids is 1. The molecule has 0 bridgehead atoms. The minimum atomic E-state index is -0.446. The summed E-state index contributed by atoms with van der Waals surface area (Å²) in [4.78, 5) is 11.5. The molecule has 3 aromatic rings. The van der Waals surface area contributed by atoms with Crippen LogP contribution in [0.3, 0.4) is 0 Å². The molecule has 0 saturated carbocycles. The van der Waals surface area contributed by atoms with Gasteiger partial charge < -0.3 is 19.3 Å². The Morgan fingerprint density at radius 3 is 2.38 bits per heavy atom. The van der Waals surface area contributed by atoms with Gasteiger partial charge in [-0.05, 0) is 60.7 Å². The number of hydrogen-bond donors (Lipinski definition) is 1. The van der Waals surface area contributed by atoms with E-state index in [-0.39, 0.29) is 19.8 Å². The minimum absolute atomic E-state index is 0.108. The van der Waals surface area contributed by atoms with E-state index in [1.807, 2.05) is 42.5 Å². The van der Waals surface area contributed by atoms with Crippen molar-refractivity contribution in [2.75, 3.05) is 13.2 Å². The second-order valence-corrected chi connectivity index (χ2v) is 8.19. The van der Waals surface area contributed by atoms with Crippen molar-refractivity contribution in [3.63, 3.8) is 0 Å². The van der Waals surface area contributed by atoms with E-state index in [9.17, 15) is 9.90 Å². The quantitative estimate of drug-likeness (QED) is 0.223. The SMILES string of the molecule is C=C(C)C(=O)OCCOc1cc(-c2ccc(COc3ccc(C)cc3)cc2CC)ccc1CO. The van der Waals surface area contributed by atoms with Crippen molar-refractivity contribution in [1.82, 2.24) is 0 Å². The second kappa shape index (κ2) is 12.1. The minimum Gasteiger partial charge on any atom is -0.490 e. The first-order valence-corrected chi connectivity index (χ1v) is 11.4. The molecule has 0 aromatic heterocycles. The lowest BCUT2D eigenvalue weighted by Gasteiger charge is -2.15. The first kappa shape index (κ1) is 25.1. The maximum Gasteiger partial charge on any atom is 0.333 e. The molecule has 0 aliphatic rings. The molecule has 0 amide bonds. The lowest BCUT2D eigenvalue weighted by molar-refractivity contribution is -0.139. The molecule has 0 saturated heterocycles. The van der Waals surface area contributed by atoms with Gasteiger partial charge in [-0.25, -0.2) is 4.79 Å². The van der Waals surface area contributed by atoms with Crippen molar-refractivity contribution >= 4 is 5.97 Å². The zero-order chi connectivity index (χ0) is 24.5. The van der Waals surface area contributed by atoms with Gasteiger partial charge >= 0.3 is 5.97 Å². The fourth-order valence-electron chi connectivity index (χ4n) is 3.51. The van der Waals surface area contributed by atoms with Gasteiger partial charge in [0.2, 0.25) is 0 Å². The highest BCUT2D eigenvalue weighted by molar-refractivity contribution is 5.86. The topological polar surface area (TPSA) is 65.0 Å². The summed E-state index contributed by atoms with van der Waals surface area (Å²) in [6.45, 7) is 9.99. The summed E-state index contributed by atoms with van der Waals surface area (Å²) in [6, 6.07) is 20.1. The van der Waals surface area contributed by atoms with E-state index >= 15 is 0 Å². The van der Waals surface area contributed by atoms with Crippen LogP contribution in [0.2, 0.25) is 0 Å². The van der Waals surface area contributed by atoms with E-state index in [0.717, 1.165) is 28.9 Å². The van der Waals surface area contributed by atoms with Crippen LogP contribution in [-0.2, 0) is 29.2 Å². The molecule has 178 valence electrons. The molecule has 5 nitrogen and oxygen atoms in total. The summed E-state index contributed by atoms with van der Waals surface area (Å²) in [6.07, 6.45) is 0.864. The van der Waals surface area contributed by atoms with Crippen LogP contribution in [0.25, 0.3) is 11.1 Å².